The number of nitrogens with two attached hydrogens (primary N) is 1. The fraction of sp³-hybridized carbons (Fsp3) is 0.263. The molecule has 0 aliphatic heterocycles. The molecule has 2 amide bonds. The van der Waals surface area contributed by atoms with E-state index >= 15 is 0 Å². The molecule has 0 heterocycles. The lowest BCUT2D eigenvalue weighted by Crippen LogP contribution is -2.15. The molecular weight excluding hydrogens is 302 g/mol. The molecule has 2 aromatic rings. The van der Waals surface area contributed by atoms with Gasteiger partial charge in [0.2, 0.25) is 5.91 Å². The lowest BCUT2D eigenvalue weighted by molar-refractivity contribution is -0.116. The van der Waals surface area contributed by atoms with Gasteiger partial charge in [0.15, 0.2) is 0 Å². The summed E-state index contributed by atoms with van der Waals surface area (Å²) < 4.78 is 0. The van der Waals surface area contributed by atoms with Gasteiger partial charge in [0.25, 0.3) is 5.91 Å². The monoisotopic (exact) mass is 325 g/mol. The minimum absolute atomic E-state index is 0.0589. The van der Waals surface area contributed by atoms with Crippen LogP contribution in [0.5, 0.6) is 0 Å². The molecule has 0 unspecified atom stereocenters. The molecule has 0 saturated heterocycles. The van der Waals surface area contributed by atoms with E-state index in [4.69, 9.17) is 5.73 Å². The Balaban J connectivity index is 2.04. The lowest BCUT2D eigenvalue weighted by atomic mass is 10.1. The van der Waals surface area contributed by atoms with Crippen LogP contribution in [0, 0.1) is 13.8 Å². The Morgan fingerprint density at radius 3 is 2.50 bits per heavy atom. The summed E-state index contributed by atoms with van der Waals surface area (Å²) in [6, 6.07) is 12.8. The number of carbonyl (C=O) groups excluding carboxylic acids is 2. The maximum atomic E-state index is 12.3. The van der Waals surface area contributed by atoms with E-state index in [0.29, 0.717) is 30.6 Å². The normalized spacial score (nSPS) is 10.3. The van der Waals surface area contributed by atoms with Crippen molar-refractivity contribution in [2.24, 2.45) is 5.73 Å². The average molecular weight is 325 g/mol. The molecule has 126 valence electrons. The van der Waals surface area contributed by atoms with Gasteiger partial charge in [-0.25, -0.2) is 0 Å². The molecule has 2 aromatic carbocycles. The third-order valence-corrected chi connectivity index (χ3v) is 3.65. The van der Waals surface area contributed by atoms with Gasteiger partial charge in [-0.1, -0.05) is 17.7 Å². The van der Waals surface area contributed by atoms with Crippen LogP contribution in [0.4, 0.5) is 11.4 Å². The first kappa shape index (κ1) is 17.7. The quantitative estimate of drug-likeness (QED) is 0.762. The molecule has 0 radical (unpaired) electrons. The maximum absolute atomic E-state index is 12.3. The highest BCUT2D eigenvalue weighted by Gasteiger charge is 2.09. The number of nitrogens with one attached hydrogen (secondary N) is 2. The van der Waals surface area contributed by atoms with E-state index in [2.05, 4.69) is 10.6 Å². The summed E-state index contributed by atoms with van der Waals surface area (Å²) in [5.41, 5.74) is 9.37. The molecule has 0 saturated carbocycles. The summed E-state index contributed by atoms with van der Waals surface area (Å²) in [4.78, 5) is 24.0. The van der Waals surface area contributed by atoms with Crippen molar-refractivity contribution in [1.82, 2.24) is 0 Å². The fourth-order valence-electron chi connectivity index (χ4n) is 2.35. The van der Waals surface area contributed by atoms with Crippen molar-refractivity contribution >= 4 is 23.2 Å². The van der Waals surface area contributed by atoms with E-state index in [1.165, 1.54) is 0 Å². The third-order valence-electron chi connectivity index (χ3n) is 3.65. The van der Waals surface area contributed by atoms with Crippen LogP contribution in [0.25, 0.3) is 0 Å². The second-order valence-corrected chi connectivity index (χ2v) is 5.79. The molecular formula is C19H23N3O2. The van der Waals surface area contributed by atoms with E-state index < -0.39 is 0 Å². The topological polar surface area (TPSA) is 84.2 Å². The van der Waals surface area contributed by atoms with Gasteiger partial charge in [0, 0.05) is 23.4 Å². The molecule has 0 aliphatic rings. The van der Waals surface area contributed by atoms with Crippen LogP contribution in [0.3, 0.4) is 0 Å². The Morgan fingerprint density at radius 1 is 1.04 bits per heavy atom. The van der Waals surface area contributed by atoms with E-state index in [-0.39, 0.29) is 11.8 Å². The summed E-state index contributed by atoms with van der Waals surface area (Å²) in [7, 11) is 0. The van der Waals surface area contributed by atoms with E-state index in [0.717, 1.165) is 16.8 Å². The molecule has 5 nitrogen and oxygen atoms in total. The molecule has 24 heavy (non-hydrogen) atoms. The van der Waals surface area contributed by atoms with Crippen LogP contribution in [-0.4, -0.2) is 18.4 Å². The summed E-state index contributed by atoms with van der Waals surface area (Å²) in [5.74, 6) is -0.210. The van der Waals surface area contributed by atoms with Crippen LogP contribution < -0.4 is 16.4 Å². The molecule has 4 N–H and O–H groups in total. The standard InChI is InChI=1S/C19H23N3O2/c1-13-5-3-6-15(11-13)19(24)22-17-9-8-16(12-14(17)2)21-18(23)7-4-10-20/h3,5-6,8-9,11-12H,4,7,10,20H2,1-2H3,(H,21,23)(H,22,24). The minimum Gasteiger partial charge on any atom is -0.330 e. The van der Waals surface area contributed by atoms with Crippen molar-refractivity contribution in [3.05, 3.63) is 59.2 Å². The van der Waals surface area contributed by atoms with Gasteiger partial charge >= 0.3 is 0 Å². The number of benzene rings is 2. The molecule has 0 spiro atoms. The third kappa shape index (κ3) is 4.93. The summed E-state index contributed by atoms with van der Waals surface area (Å²) in [6.07, 6.45) is 1.07. The van der Waals surface area contributed by atoms with Gasteiger partial charge in [0.05, 0.1) is 0 Å². The van der Waals surface area contributed by atoms with Crippen molar-refractivity contribution in [2.75, 3.05) is 17.2 Å². The van der Waals surface area contributed by atoms with Gasteiger partial charge in [-0.15, -0.1) is 0 Å². The maximum Gasteiger partial charge on any atom is 0.255 e. The van der Waals surface area contributed by atoms with Gasteiger partial charge < -0.3 is 16.4 Å². The SMILES string of the molecule is Cc1cccc(C(=O)Nc2ccc(NC(=O)CCCN)cc2C)c1. The number of hydrogen-bond donors (Lipinski definition) is 3. The van der Waals surface area contributed by atoms with Crippen LogP contribution in [0.1, 0.15) is 34.3 Å². The average Bonchev–Trinajstić information content (AvgIpc) is 2.55. The van der Waals surface area contributed by atoms with Crippen molar-refractivity contribution in [2.45, 2.75) is 26.7 Å². The first-order valence-electron chi connectivity index (χ1n) is 7.98. The van der Waals surface area contributed by atoms with Gasteiger partial charge in [0.1, 0.15) is 0 Å². The predicted molar refractivity (Wildman–Crippen MR) is 97.2 cm³/mol. The van der Waals surface area contributed by atoms with Crippen LogP contribution >= 0.6 is 0 Å². The van der Waals surface area contributed by atoms with Gasteiger partial charge in [-0.2, -0.15) is 0 Å². The number of aryl methyl sites for hydroxylation is 2. The molecule has 0 fully saturated rings. The summed E-state index contributed by atoms with van der Waals surface area (Å²) in [6.45, 7) is 4.34. The smallest absolute Gasteiger partial charge is 0.255 e. The summed E-state index contributed by atoms with van der Waals surface area (Å²) >= 11 is 0. The fourth-order valence-corrected chi connectivity index (χ4v) is 2.35. The Labute approximate surface area is 142 Å². The lowest BCUT2D eigenvalue weighted by Gasteiger charge is -2.11. The van der Waals surface area contributed by atoms with Gasteiger partial charge in [-0.3, -0.25) is 9.59 Å². The zero-order valence-electron chi connectivity index (χ0n) is 14.1. The molecule has 2 rings (SSSR count). The van der Waals surface area contributed by atoms with Crippen molar-refractivity contribution in [3.63, 3.8) is 0 Å². The zero-order chi connectivity index (χ0) is 17.5. The Bertz CT molecular complexity index is 741. The molecule has 0 aliphatic carbocycles. The second-order valence-electron chi connectivity index (χ2n) is 5.79. The van der Waals surface area contributed by atoms with Crippen molar-refractivity contribution in [1.29, 1.82) is 0 Å². The number of amides is 2. The highest BCUT2D eigenvalue weighted by atomic mass is 16.2. The Morgan fingerprint density at radius 2 is 1.83 bits per heavy atom. The van der Waals surface area contributed by atoms with Crippen LogP contribution in [-0.2, 0) is 4.79 Å². The van der Waals surface area contributed by atoms with Gasteiger partial charge in [-0.05, 0) is 62.7 Å². The van der Waals surface area contributed by atoms with Crippen molar-refractivity contribution in [3.8, 4) is 0 Å². The first-order chi connectivity index (χ1) is 11.5. The molecule has 0 aromatic heterocycles. The molecule has 0 atom stereocenters. The molecule has 5 heteroatoms. The zero-order valence-corrected chi connectivity index (χ0v) is 14.1. The summed E-state index contributed by atoms with van der Waals surface area (Å²) in [5, 5.41) is 5.73. The minimum atomic E-state index is -0.151. The number of hydrogen-bond acceptors (Lipinski definition) is 3. The van der Waals surface area contributed by atoms with Crippen LogP contribution in [0.2, 0.25) is 0 Å². The Hall–Kier alpha value is -2.66. The number of rotatable bonds is 6. The van der Waals surface area contributed by atoms with Crippen LogP contribution in [0.15, 0.2) is 42.5 Å². The first-order valence-corrected chi connectivity index (χ1v) is 7.98. The van der Waals surface area contributed by atoms with E-state index in [1.54, 1.807) is 18.2 Å². The second kappa shape index (κ2) is 8.26. The number of anilines is 2. The van der Waals surface area contributed by atoms with Crippen molar-refractivity contribution < 1.29 is 9.59 Å². The number of carbonyl (C=O) groups is 2. The largest absolute Gasteiger partial charge is 0.330 e. The highest BCUT2D eigenvalue weighted by molar-refractivity contribution is 6.05. The molecule has 0 bridgehead atoms. The van der Waals surface area contributed by atoms with E-state index in [1.807, 2.05) is 38.1 Å². The van der Waals surface area contributed by atoms with E-state index in [9.17, 15) is 9.59 Å². The predicted octanol–water partition coefficient (Wildman–Crippen LogP) is 3.23. The highest BCUT2D eigenvalue weighted by Crippen LogP contribution is 2.21. The Kier molecular flexibility index (Phi) is 6.09.